The first kappa shape index (κ1) is 14.1. The van der Waals surface area contributed by atoms with Crippen molar-refractivity contribution >= 4 is 23.0 Å². The van der Waals surface area contributed by atoms with Crippen molar-refractivity contribution in [1.29, 1.82) is 0 Å². The Hall–Kier alpha value is -2.48. The van der Waals surface area contributed by atoms with Crippen LogP contribution in [0, 0.1) is 13.8 Å². The van der Waals surface area contributed by atoms with Crippen molar-refractivity contribution in [3.05, 3.63) is 69.3 Å². The summed E-state index contributed by atoms with van der Waals surface area (Å²) in [5, 5.41) is 0. The molecule has 0 aliphatic heterocycles. The van der Waals surface area contributed by atoms with Crippen LogP contribution in [0.3, 0.4) is 0 Å². The second-order valence-corrected chi connectivity index (χ2v) is 6.88. The highest BCUT2D eigenvalue weighted by Crippen LogP contribution is 2.56. The van der Waals surface area contributed by atoms with Crippen LogP contribution >= 0.6 is 0 Å². The normalized spacial score (nSPS) is 21.2. The van der Waals surface area contributed by atoms with Crippen LogP contribution in [0.5, 0.6) is 0 Å². The van der Waals surface area contributed by atoms with Gasteiger partial charge in [0.05, 0.1) is 5.41 Å². The predicted molar refractivity (Wildman–Crippen MR) is 99.3 cm³/mol. The lowest BCUT2D eigenvalue weighted by Gasteiger charge is -2.29. The van der Waals surface area contributed by atoms with Gasteiger partial charge in [-0.1, -0.05) is 23.8 Å². The summed E-state index contributed by atoms with van der Waals surface area (Å²) in [6.07, 6.45) is 4.53. The lowest BCUT2D eigenvalue weighted by molar-refractivity contribution is 0.791. The number of nitrogen functional groups attached to an aromatic ring is 2. The Balaban J connectivity index is 2.14. The highest BCUT2D eigenvalue weighted by Gasteiger charge is 2.45. The number of nitrogens with two attached hydrogens (primary N) is 2. The van der Waals surface area contributed by atoms with Crippen molar-refractivity contribution in [2.45, 2.75) is 33.1 Å². The van der Waals surface area contributed by atoms with E-state index in [2.05, 4.69) is 58.0 Å². The van der Waals surface area contributed by atoms with Crippen molar-refractivity contribution in [2.75, 3.05) is 11.5 Å². The molecule has 4 N–H and O–H groups in total. The van der Waals surface area contributed by atoms with Gasteiger partial charge in [-0.15, -0.1) is 0 Å². The lowest BCUT2D eigenvalue weighted by atomic mass is 9.73. The van der Waals surface area contributed by atoms with Crippen LogP contribution in [0.15, 0.2) is 35.9 Å². The predicted octanol–water partition coefficient (Wildman–Crippen LogP) is 4.59. The number of hydrogen-bond donors (Lipinski definition) is 2. The largest absolute Gasteiger partial charge is 0.399 e. The minimum atomic E-state index is -0.212. The molecule has 2 aliphatic rings. The smallest absolute Gasteiger partial charge is 0.0611 e. The van der Waals surface area contributed by atoms with Crippen molar-refractivity contribution in [3.8, 4) is 0 Å². The average Bonchev–Trinajstić information content (AvgIpc) is 2.99. The Morgan fingerprint density at radius 3 is 2.35 bits per heavy atom. The maximum absolute atomic E-state index is 6.32. The Bertz CT molecular complexity index is 931. The van der Waals surface area contributed by atoms with Gasteiger partial charge >= 0.3 is 0 Å². The van der Waals surface area contributed by atoms with E-state index in [0.29, 0.717) is 0 Å². The monoisotopic (exact) mass is 302 g/mol. The summed E-state index contributed by atoms with van der Waals surface area (Å²) < 4.78 is 0. The van der Waals surface area contributed by atoms with E-state index in [0.717, 1.165) is 11.4 Å². The molecule has 0 fully saturated rings. The van der Waals surface area contributed by atoms with Gasteiger partial charge in [-0.3, -0.25) is 0 Å². The zero-order valence-electron chi connectivity index (χ0n) is 14.1. The molecule has 2 aromatic rings. The number of benzene rings is 2. The number of anilines is 2. The van der Waals surface area contributed by atoms with Gasteiger partial charge in [0.1, 0.15) is 0 Å². The summed E-state index contributed by atoms with van der Waals surface area (Å²) in [7, 11) is 0. The zero-order valence-corrected chi connectivity index (χ0v) is 14.1. The summed E-state index contributed by atoms with van der Waals surface area (Å²) in [6.45, 7) is 8.75. The van der Waals surface area contributed by atoms with Gasteiger partial charge in [0.25, 0.3) is 0 Å². The van der Waals surface area contributed by atoms with Crippen LogP contribution in [-0.2, 0) is 5.41 Å². The fraction of sp³-hybridized carbons (Fsp3) is 0.238. The van der Waals surface area contributed by atoms with E-state index in [1.807, 2.05) is 6.07 Å². The molecule has 1 atom stereocenters. The number of fused-ring (bicyclic) bond motifs is 4. The Morgan fingerprint density at radius 1 is 0.870 bits per heavy atom. The molecular weight excluding hydrogens is 280 g/mol. The molecular formula is C21H22N2. The first-order valence-electron chi connectivity index (χ1n) is 8.05. The van der Waals surface area contributed by atoms with E-state index in [-0.39, 0.29) is 5.41 Å². The van der Waals surface area contributed by atoms with Gasteiger partial charge < -0.3 is 11.5 Å². The summed E-state index contributed by atoms with van der Waals surface area (Å²) in [5.74, 6) is 0. The average molecular weight is 302 g/mol. The molecule has 4 rings (SSSR count). The molecule has 2 aliphatic carbocycles. The van der Waals surface area contributed by atoms with Gasteiger partial charge in [0, 0.05) is 11.4 Å². The minimum Gasteiger partial charge on any atom is -0.399 e. The van der Waals surface area contributed by atoms with E-state index in [4.69, 9.17) is 11.5 Å². The third-order valence-corrected chi connectivity index (χ3v) is 5.91. The van der Waals surface area contributed by atoms with Gasteiger partial charge in [0.15, 0.2) is 0 Å². The van der Waals surface area contributed by atoms with E-state index in [1.165, 1.54) is 44.5 Å². The highest BCUT2D eigenvalue weighted by molar-refractivity contribution is 5.90. The molecule has 0 radical (unpaired) electrons. The Labute approximate surface area is 137 Å². The number of allylic oxidation sites excluding steroid dienone is 3. The van der Waals surface area contributed by atoms with Crippen molar-refractivity contribution in [1.82, 2.24) is 0 Å². The molecule has 0 amide bonds. The molecule has 0 saturated carbocycles. The molecule has 23 heavy (non-hydrogen) atoms. The molecule has 2 aromatic carbocycles. The van der Waals surface area contributed by atoms with E-state index < -0.39 is 0 Å². The maximum Gasteiger partial charge on any atom is 0.0611 e. The first-order chi connectivity index (χ1) is 10.9. The molecule has 1 unspecified atom stereocenters. The van der Waals surface area contributed by atoms with Crippen LogP contribution in [0.4, 0.5) is 11.4 Å². The fourth-order valence-electron chi connectivity index (χ4n) is 4.35. The van der Waals surface area contributed by atoms with E-state index in [1.54, 1.807) is 0 Å². The number of rotatable bonds is 0. The van der Waals surface area contributed by atoms with Crippen LogP contribution in [-0.4, -0.2) is 0 Å². The summed E-state index contributed by atoms with van der Waals surface area (Å²) >= 11 is 0. The molecule has 0 saturated heterocycles. The second-order valence-electron chi connectivity index (χ2n) is 6.88. The molecule has 0 bridgehead atoms. The SMILES string of the molecule is CC1=C(C)C2(C=Cc3ccc(N)cc32)c2cc(N)c(C)c(C)c21. The van der Waals surface area contributed by atoms with Gasteiger partial charge in [-0.25, -0.2) is 0 Å². The molecule has 1 spiro atoms. The standard InChI is InChI=1S/C21H22N2/c1-11-12(2)20-13(3)14(4)21(18(20)10-19(11)23)8-7-15-5-6-16(22)9-17(15)21/h5-10H,22-23H2,1-4H3. The maximum atomic E-state index is 6.32. The number of hydrogen-bond acceptors (Lipinski definition) is 2. The lowest BCUT2D eigenvalue weighted by Crippen LogP contribution is -2.23. The van der Waals surface area contributed by atoms with Gasteiger partial charge in [0.2, 0.25) is 0 Å². The molecule has 2 nitrogen and oxygen atoms in total. The third kappa shape index (κ3) is 1.53. The second kappa shape index (κ2) is 4.29. The minimum absolute atomic E-state index is 0.212. The Kier molecular flexibility index (Phi) is 2.63. The Morgan fingerprint density at radius 2 is 1.61 bits per heavy atom. The highest BCUT2D eigenvalue weighted by atomic mass is 14.6. The van der Waals surface area contributed by atoms with Crippen LogP contribution in [0.25, 0.3) is 11.6 Å². The molecule has 0 heterocycles. The molecule has 2 heteroatoms. The first-order valence-corrected chi connectivity index (χ1v) is 8.05. The van der Waals surface area contributed by atoms with Crippen LogP contribution in [0.2, 0.25) is 0 Å². The molecule has 0 aromatic heterocycles. The van der Waals surface area contributed by atoms with Crippen molar-refractivity contribution in [2.24, 2.45) is 0 Å². The van der Waals surface area contributed by atoms with Gasteiger partial charge in [-0.2, -0.15) is 0 Å². The van der Waals surface area contributed by atoms with Crippen molar-refractivity contribution in [3.63, 3.8) is 0 Å². The zero-order chi connectivity index (χ0) is 16.5. The van der Waals surface area contributed by atoms with E-state index >= 15 is 0 Å². The quantitative estimate of drug-likeness (QED) is 0.699. The summed E-state index contributed by atoms with van der Waals surface area (Å²) in [6, 6.07) is 8.37. The molecule has 116 valence electrons. The fourth-order valence-corrected chi connectivity index (χ4v) is 4.35. The topological polar surface area (TPSA) is 52.0 Å². The van der Waals surface area contributed by atoms with Crippen LogP contribution in [0.1, 0.15) is 47.2 Å². The van der Waals surface area contributed by atoms with Crippen molar-refractivity contribution < 1.29 is 0 Å². The van der Waals surface area contributed by atoms with E-state index in [9.17, 15) is 0 Å². The van der Waals surface area contributed by atoms with Crippen LogP contribution < -0.4 is 11.5 Å². The summed E-state index contributed by atoms with van der Waals surface area (Å²) in [5.41, 5.74) is 24.3. The summed E-state index contributed by atoms with van der Waals surface area (Å²) in [4.78, 5) is 0. The third-order valence-electron chi connectivity index (χ3n) is 5.91. The van der Waals surface area contributed by atoms with Gasteiger partial charge in [-0.05, 0) is 84.8 Å².